The molecule has 0 bridgehead atoms. The second kappa shape index (κ2) is 4.20. The van der Waals surface area contributed by atoms with E-state index < -0.39 is 6.03 Å². The molecule has 4 N–H and O–H groups in total. The number of anilines is 1. The van der Waals surface area contributed by atoms with Crippen LogP contribution in [0.4, 0.5) is 9.93 Å². The lowest BCUT2D eigenvalue weighted by molar-refractivity contribution is 0.253. The highest BCUT2D eigenvalue weighted by molar-refractivity contribution is 7.13. The minimum Gasteiger partial charge on any atom is -0.351 e. The molecule has 1 aromatic heterocycles. The van der Waals surface area contributed by atoms with E-state index in [2.05, 4.69) is 4.98 Å². The van der Waals surface area contributed by atoms with E-state index in [-0.39, 0.29) is 6.04 Å². The first-order valence-corrected chi connectivity index (χ1v) is 4.71. The fourth-order valence-electron chi connectivity index (χ4n) is 0.900. The Bertz CT molecular complexity index is 272. The number of thiazole rings is 1. The summed E-state index contributed by atoms with van der Waals surface area (Å²) in [5.74, 6) is 0. The molecule has 0 aliphatic carbocycles. The first-order chi connectivity index (χ1) is 6.11. The van der Waals surface area contributed by atoms with Crippen LogP contribution in [0.3, 0.4) is 0 Å². The number of hydrogen-bond donors (Lipinski definition) is 2. The number of rotatable bonds is 3. The topological polar surface area (TPSA) is 85.2 Å². The number of amides is 2. The van der Waals surface area contributed by atoms with Crippen molar-refractivity contribution in [2.24, 2.45) is 11.5 Å². The monoisotopic (exact) mass is 200 g/mol. The number of urea groups is 1. The lowest BCUT2D eigenvalue weighted by atomic mass is 10.3. The third kappa shape index (κ3) is 2.67. The standard InChI is InChI=1S/C7H12N4OS/c1-5(8)4-11(6(9)12)7-10-2-3-13-7/h2-3,5H,4,8H2,1H3,(H2,9,12). The van der Waals surface area contributed by atoms with Gasteiger partial charge in [0.2, 0.25) is 0 Å². The molecule has 1 unspecified atom stereocenters. The molecule has 0 spiro atoms. The number of nitrogens with zero attached hydrogens (tertiary/aromatic N) is 2. The molecule has 0 fully saturated rings. The van der Waals surface area contributed by atoms with Crippen LogP contribution in [0, 0.1) is 0 Å². The Morgan fingerprint density at radius 2 is 2.54 bits per heavy atom. The van der Waals surface area contributed by atoms with E-state index >= 15 is 0 Å². The SMILES string of the molecule is CC(N)CN(C(N)=O)c1nccs1. The van der Waals surface area contributed by atoms with Crippen LogP contribution < -0.4 is 16.4 Å². The number of carbonyl (C=O) groups excluding carboxylic acids is 1. The van der Waals surface area contributed by atoms with Crippen molar-refractivity contribution in [2.45, 2.75) is 13.0 Å². The molecule has 1 atom stereocenters. The predicted molar refractivity (Wildman–Crippen MR) is 52.7 cm³/mol. The first-order valence-electron chi connectivity index (χ1n) is 3.83. The van der Waals surface area contributed by atoms with Gasteiger partial charge in [-0.3, -0.25) is 4.90 Å². The molecular weight excluding hydrogens is 188 g/mol. The highest BCUT2D eigenvalue weighted by Gasteiger charge is 2.15. The maximum atomic E-state index is 11.0. The smallest absolute Gasteiger partial charge is 0.321 e. The lowest BCUT2D eigenvalue weighted by Gasteiger charge is -2.18. The molecule has 13 heavy (non-hydrogen) atoms. The molecule has 1 heterocycles. The molecule has 1 rings (SSSR count). The molecule has 0 radical (unpaired) electrons. The summed E-state index contributed by atoms with van der Waals surface area (Å²) in [5.41, 5.74) is 10.7. The fourth-order valence-corrected chi connectivity index (χ4v) is 1.56. The summed E-state index contributed by atoms with van der Waals surface area (Å²) in [6.07, 6.45) is 1.62. The van der Waals surface area contributed by atoms with Crippen molar-refractivity contribution in [3.05, 3.63) is 11.6 Å². The number of nitrogens with two attached hydrogens (primary N) is 2. The molecular formula is C7H12N4OS. The van der Waals surface area contributed by atoms with Gasteiger partial charge in [0.25, 0.3) is 0 Å². The number of carbonyl (C=O) groups is 1. The van der Waals surface area contributed by atoms with Gasteiger partial charge in [0.05, 0.1) is 0 Å². The number of primary amides is 1. The summed E-state index contributed by atoms with van der Waals surface area (Å²) in [5, 5.41) is 2.37. The van der Waals surface area contributed by atoms with Gasteiger partial charge in [0.15, 0.2) is 5.13 Å². The second-order valence-corrected chi connectivity index (χ2v) is 3.61. The van der Waals surface area contributed by atoms with E-state index in [1.807, 2.05) is 6.92 Å². The van der Waals surface area contributed by atoms with E-state index in [9.17, 15) is 4.79 Å². The van der Waals surface area contributed by atoms with Crippen molar-refractivity contribution in [2.75, 3.05) is 11.4 Å². The minimum absolute atomic E-state index is 0.114. The molecule has 1 aromatic rings. The van der Waals surface area contributed by atoms with Crippen molar-refractivity contribution in [1.82, 2.24) is 4.98 Å². The third-order valence-electron chi connectivity index (χ3n) is 1.39. The van der Waals surface area contributed by atoms with Gasteiger partial charge in [0.1, 0.15) is 0 Å². The number of hydrogen-bond acceptors (Lipinski definition) is 4. The quantitative estimate of drug-likeness (QED) is 0.739. The van der Waals surface area contributed by atoms with Crippen molar-refractivity contribution in [1.29, 1.82) is 0 Å². The van der Waals surface area contributed by atoms with Gasteiger partial charge in [0, 0.05) is 24.2 Å². The van der Waals surface area contributed by atoms with Gasteiger partial charge < -0.3 is 11.5 Å². The Kier molecular flexibility index (Phi) is 3.21. The molecule has 0 saturated heterocycles. The molecule has 0 aliphatic heterocycles. The Labute approximate surface area is 80.4 Å². The highest BCUT2D eigenvalue weighted by atomic mass is 32.1. The zero-order valence-corrected chi connectivity index (χ0v) is 8.12. The Morgan fingerprint density at radius 3 is 2.92 bits per heavy atom. The molecule has 6 heteroatoms. The molecule has 0 aliphatic rings. The van der Waals surface area contributed by atoms with E-state index in [1.54, 1.807) is 11.6 Å². The van der Waals surface area contributed by atoms with Crippen LogP contribution in [0.1, 0.15) is 6.92 Å². The molecule has 5 nitrogen and oxygen atoms in total. The predicted octanol–water partition coefficient (Wildman–Crippen LogP) is 0.375. The fraction of sp³-hybridized carbons (Fsp3) is 0.429. The van der Waals surface area contributed by atoms with Crippen molar-refractivity contribution < 1.29 is 4.79 Å². The van der Waals surface area contributed by atoms with Crippen molar-refractivity contribution >= 4 is 22.5 Å². The minimum atomic E-state index is -0.521. The van der Waals surface area contributed by atoms with Crippen LogP contribution in [-0.2, 0) is 0 Å². The van der Waals surface area contributed by atoms with Crippen molar-refractivity contribution in [3.63, 3.8) is 0 Å². The zero-order valence-electron chi connectivity index (χ0n) is 7.30. The summed E-state index contributed by atoms with van der Waals surface area (Å²) < 4.78 is 0. The van der Waals surface area contributed by atoms with E-state index in [0.717, 1.165) is 0 Å². The second-order valence-electron chi connectivity index (χ2n) is 2.74. The summed E-state index contributed by atoms with van der Waals surface area (Å²) >= 11 is 1.36. The molecule has 2 amide bonds. The van der Waals surface area contributed by atoms with Crippen LogP contribution in [0.5, 0.6) is 0 Å². The average molecular weight is 200 g/mol. The summed E-state index contributed by atoms with van der Waals surface area (Å²) in [7, 11) is 0. The summed E-state index contributed by atoms with van der Waals surface area (Å²) in [6.45, 7) is 2.20. The molecule has 0 aromatic carbocycles. The van der Waals surface area contributed by atoms with E-state index in [0.29, 0.717) is 11.7 Å². The van der Waals surface area contributed by atoms with E-state index in [1.165, 1.54) is 16.2 Å². The van der Waals surface area contributed by atoms with Crippen LogP contribution in [0.15, 0.2) is 11.6 Å². The summed E-state index contributed by atoms with van der Waals surface area (Å²) in [6, 6.07) is -0.636. The normalized spacial score (nSPS) is 12.5. The average Bonchev–Trinajstić information content (AvgIpc) is 2.50. The molecule has 0 saturated carbocycles. The van der Waals surface area contributed by atoms with Gasteiger partial charge in [-0.15, -0.1) is 11.3 Å². The van der Waals surface area contributed by atoms with Crippen LogP contribution >= 0.6 is 11.3 Å². The first kappa shape index (κ1) is 9.94. The maximum absolute atomic E-state index is 11.0. The summed E-state index contributed by atoms with van der Waals surface area (Å²) in [4.78, 5) is 16.3. The Morgan fingerprint density at radius 1 is 1.85 bits per heavy atom. The van der Waals surface area contributed by atoms with Crippen LogP contribution in [0.25, 0.3) is 0 Å². The van der Waals surface area contributed by atoms with Gasteiger partial charge in [-0.1, -0.05) is 0 Å². The lowest BCUT2D eigenvalue weighted by Crippen LogP contribution is -2.42. The van der Waals surface area contributed by atoms with Gasteiger partial charge in [-0.2, -0.15) is 0 Å². The zero-order chi connectivity index (χ0) is 9.84. The maximum Gasteiger partial charge on any atom is 0.321 e. The largest absolute Gasteiger partial charge is 0.351 e. The van der Waals surface area contributed by atoms with Crippen LogP contribution in [-0.4, -0.2) is 23.6 Å². The Hall–Kier alpha value is -1.14. The molecule has 72 valence electrons. The van der Waals surface area contributed by atoms with Crippen molar-refractivity contribution in [3.8, 4) is 0 Å². The third-order valence-corrected chi connectivity index (χ3v) is 2.18. The highest BCUT2D eigenvalue weighted by Crippen LogP contribution is 2.16. The van der Waals surface area contributed by atoms with Gasteiger partial charge >= 0.3 is 6.03 Å². The number of aromatic nitrogens is 1. The van der Waals surface area contributed by atoms with E-state index in [4.69, 9.17) is 11.5 Å². The van der Waals surface area contributed by atoms with Gasteiger partial charge in [-0.05, 0) is 6.92 Å². The van der Waals surface area contributed by atoms with Crippen LogP contribution in [0.2, 0.25) is 0 Å². The van der Waals surface area contributed by atoms with Gasteiger partial charge in [-0.25, -0.2) is 9.78 Å². The Balaban J connectivity index is 2.75.